The summed E-state index contributed by atoms with van der Waals surface area (Å²) in [5.74, 6) is 0. The molecule has 0 aliphatic rings. The van der Waals surface area contributed by atoms with Crippen LogP contribution in [0.5, 0.6) is 0 Å². The van der Waals surface area contributed by atoms with Crippen LogP contribution < -0.4 is 5.73 Å². The molecule has 0 spiro atoms. The summed E-state index contributed by atoms with van der Waals surface area (Å²) in [5, 5.41) is 5.12. The van der Waals surface area contributed by atoms with E-state index in [1.165, 1.54) is 11.5 Å². The first-order valence-corrected chi connectivity index (χ1v) is 6.42. The lowest BCUT2D eigenvalue weighted by atomic mass is 10.0. The Labute approximate surface area is 109 Å². The minimum Gasteiger partial charge on any atom is -0.319 e. The van der Waals surface area contributed by atoms with Crippen molar-refractivity contribution in [2.75, 3.05) is 0 Å². The Balaban J connectivity index is 2.07. The van der Waals surface area contributed by atoms with Gasteiger partial charge in [-0.25, -0.2) is 0 Å². The summed E-state index contributed by atoms with van der Waals surface area (Å²) in [5.41, 5.74) is 9.15. The third-order valence-electron chi connectivity index (χ3n) is 2.96. The van der Waals surface area contributed by atoms with Crippen molar-refractivity contribution in [2.24, 2.45) is 5.73 Å². The molecule has 0 amide bonds. The van der Waals surface area contributed by atoms with Crippen LogP contribution in [0.1, 0.15) is 22.2 Å². The van der Waals surface area contributed by atoms with Gasteiger partial charge in [-0.2, -0.15) is 0 Å². The van der Waals surface area contributed by atoms with Crippen LogP contribution in [0.2, 0.25) is 0 Å². The van der Waals surface area contributed by atoms with Gasteiger partial charge >= 0.3 is 0 Å². The molecule has 0 saturated carbocycles. The molecule has 2 N–H and O–H groups in total. The van der Waals surface area contributed by atoms with E-state index in [4.69, 9.17) is 5.73 Å². The van der Waals surface area contributed by atoms with E-state index in [0.29, 0.717) is 0 Å². The average Bonchev–Trinajstić information content (AvgIpc) is 2.83. The summed E-state index contributed by atoms with van der Waals surface area (Å²) in [4.78, 5) is 5.35. The van der Waals surface area contributed by atoms with Crippen LogP contribution in [0.15, 0.2) is 36.5 Å². The Morgan fingerprint density at radius 2 is 2.17 bits per heavy atom. The Morgan fingerprint density at radius 3 is 2.94 bits per heavy atom. The Morgan fingerprint density at radius 1 is 1.28 bits per heavy atom. The van der Waals surface area contributed by atoms with E-state index in [1.54, 1.807) is 6.20 Å². The zero-order valence-corrected chi connectivity index (χ0v) is 10.7. The second-order valence-corrected chi connectivity index (χ2v) is 4.94. The molecule has 5 heteroatoms. The van der Waals surface area contributed by atoms with Crippen LogP contribution in [0.25, 0.3) is 10.9 Å². The predicted octanol–water partition coefficient (Wildman–Crippen LogP) is 2.44. The number of hydrogen-bond donors (Lipinski definition) is 1. The molecule has 0 aliphatic heterocycles. The Hall–Kier alpha value is -1.85. The number of benzene rings is 1. The van der Waals surface area contributed by atoms with Crippen molar-refractivity contribution in [3.63, 3.8) is 0 Å². The van der Waals surface area contributed by atoms with Crippen molar-refractivity contribution < 1.29 is 0 Å². The van der Waals surface area contributed by atoms with E-state index in [1.807, 2.05) is 37.3 Å². The molecule has 0 fully saturated rings. The molecule has 2 heterocycles. The van der Waals surface area contributed by atoms with Gasteiger partial charge in [0.05, 0.1) is 22.1 Å². The van der Waals surface area contributed by atoms with E-state index in [0.717, 1.165) is 27.0 Å². The molecule has 1 aromatic carbocycles. The van der Waals surface area contributed by atoms with Gasteiger partial charge in [-0.05, 0) is 36.2 Å². The maximum Gasteiger partial charge on any atom is 0.0776 e. The SMILES string of the molecule is Cc1nnsc1C(N)c1ccc2cccnc2c1. The van der Waals surface area contributed by atoms with Crippen LogP contribution in [0, 0.1) is 6.92 Å². The third kappa shape index (κ3) is 1.87. The minimum atomic E-state index is -0.184. The van der Waals surface area contributed by atoms with Crippen molar-refractivity contribution in [3.8, 4) is 0 Å². The van der Waals surface area contributed by atoms with Crippen LogP contribution in [0.3, 0.4) is 0 Å². The zero-order valence-electron chi connectivity index (χ0n) is 9.87. The van der Waals surface area contributed by atoms with E-state index in [9.17, 15) is 0 Å². The van der Waals surface area contributed by atoms with Crippen molar-refractivity contribution in [3.05, 3.63) is 52.7 Å². The lowest BCUT2D eigenvalue weighted by molar-refractivity contribution is 0.875. The van der Waals surface area contributed by atoms with Crippen molar-refractivity contribution in [1.82, 2.24) is 14.6 Å². The maximum absolute atomic E-state index is 6.26. The molecule has 1 unspecified atom stereocenters. The van der Waals surface area contributed by atoms with Gasteiger partial charge in [0.1, 0.15) is 0 Å². The highest BCUT2D eigenvalue weighted by Crippen LogP contribution is 2.26. The lowest BCUT2D eigenvalue weighted by Gasteiger charge is -2.10. The molecule has 3 aromatic rings. The quantitative estimate of drug-likeness (QED) is 0.765. The highest BCUT2D eigenvalue weighted by molar-refractivity contribution is 7.05. The normalized spacial score (nSPS) is 12.8. The molecule has 0 bridgehead atoms. The van der Waals surface area contributed by atoms with Crippen LogP contribution in [-0.2, 0) is 0 Å². The van der Waals surface area contributed by atoms with Gasteiger partial charge in [-0.15, -0.1) is 5.10 Å². The highest BCUT2D eigenvalue weighted by atomic mass is 32.1. The summed E-state index contributed by atoms with van der Waals surface area (Å²) >= 11 is 1.35. The first-order chi connectivity index (χ1) is 8.75. The zero-order chi connectivity index (χ0) is 12.5. The number of aromatic nitrogens is 3. The molecule has 90 valence electrons. The molecule has 0 aliphatic carbocycles. The topological polar surface area (TPSA) is 64.7 Å². The van der Waals surface area contributed by atoms with Gasteiger partial charge in [-0.3, -0.25) is 4.98 Å². The van der Waals surface area contributed by atoms with Crippen LogP contribution >= 0.6 is 11.5 Å². The largest absolute Gasteiger partial charge is 0.319 e. The number of nitrogens with two attached hydrogens (primary N) is 1. The van der Waals surface area contributed by atoms with Gasteiger partial charge in [0.25, 0.3) is 0 Å². The fraction of sp³-hybridized carbons (Fsp3) is 0.154. The second-order valence-electron chi connectivity index (χ2n) is 4.16. The average molecular weight is 256 g/mol. The third-order valence-corrected chi connectivity index (χ3v) is 3.87. The van der Waals surface area contributed by atoms with Gasteiger partial charge < -0.3 is 5.73 Å². The molecule has 2 aromatic heterocycles. The van der Waals surface area contributed by atoms with Gasteiger partial charge in [0, 0.05) is 11.6 Å². The van der Waals surface area contributed by atoms with Crippen LogP contribution in [0.4, 0.5) is 0 Å². The number of nitrogens with zero attached hydrogens (tertiary/aromatic N) is 3. The fourth-order valence-corrected chi connectivity index (χ4v) is 2.62. The first-order valence-electron chi connectivity index (χ1n) is 5.65. The first kappa shape index (κ1) is 11.3. The van der Waals surface area contributed by atoms with Gasteiger partial charge in [0.15, 0.2) is 0 Å². The Kier molecular flexibility index (Phi) is 2.77. The summed E-state index contributed by atoms with van der Waals surface area (Å²) in [7, 11) is 0. The molecule has 18 heavy (non-hydrogen) atoms. The van der Waals surface area contributed by atoms with E-state index < -0.39 is 0 Å². The highest BCUT2D eigenvalue weighted by Gasteiger charge is 2.15. The fourth-order valence-electron chi connectivity index (χ4n) is 1.95. The Bertz CT molecular complexity index is 692. The van der Waals surface area contributed by atoms with Gasteiger partial charge in [0.2, 0.25) is 0 Å². The lowest BCUT2D eigenvalue weighted by Crippen LogP contribution is -2.11. The summed E-state index contributed by atoms with van der Waals surface area (Å²) < 4.78 is 3.93. The molecule has 1 atom stereocenters. The van der Waals surface area contributed by atoms with E-state index in [-0.39, 0.29) is 6.04 Å². The number of hydrogen-bond acceptors (Lipinski definition) is 5. The molecular formula is C13H12N4S. The van der Waals surface area contributed by atoms with Crippen molar-refractivity contribution in [2.45, 2.75) is 13.0 Å². The molecule has 0 saturated heterocycles. The number of fused-ring (bicyclic) bond motifs is 1. The van der Waals surface area contributed by atoms with Crippen LogP contribution in [-0.4, -0.2) is 14.6 Å². The molecule has 4 nitrogen and oxygen atoms in total. The number of rotatable bonds is 2. The van der Waals surface area contributed by atoms with E-state index in [2.05, 4.69) is 14.6 Å². The molecule has 3 rings (SSSR count). The smallest absolute Gasteiger partial charge is 0.0776 e. The summed E-state index contributed by atoms with van der Waals surface area (Å²) in [6, 6.07) is 9.89. The molecule has 0 radical (unpaired) electrons. The monoisotopic (exact) mass is 256 g/mol. The van der Waals surface area contributed by atoms with Crippen molar-refractivity contribution >= 4 is 22.4 Å². The maximum atomic E-state index is 6.26. The number of aryl methyl sites for hydroxylation is 1. The minimum absolute atomic E-state index is 0.184. The van der Waals surface area contributed by atoms with Crippen molar-refractivity contribution in [1.29, 1.82) is 0 Å². The number of pyridine rings is 1. The standard InChI is InChI=1S/C13H12N4S/c1-8-13(18-17-16-8)12(14)10-5-4-9-3-2-6-15-11(9)7-10/h2-7,12H,14H2,1H3. The van der Waals surface area contributed by atoms with Gasteiger partial charge in [-0.1, -0.05) is 22.7 Å². The summed E-state index contributed by atoms with van der Waals surface area (Å²) in [6.07, 6.45) is 1.79. The second kappa shape index (κ2) is 4.44. The summed E-state index contributed by atoms with van der Waals surface area (Å²) in [6.45, 7) is 1.93. The van der Waals surface area contributed by atoms with E-state index >= 15 is 0 Å². The molecular weight excluding hydrogens is 244 g/mol. The predicted molar refractivity (Wildman–Crippen MR) is 72.4 cm³/mol.